The molecular weight excluding hydrogens is 420 g/mol. The van der Waals surface area contributed by atoms with Crippen molar-refractivity contribution >= 4 is 22.3 Å². The highest BCUT2D eigenvalue weighted by atomic mass is 28.4. The normalized spacial score (nSPS) is 27.4. The second kappa shape index (κ2) is 11.4. The summed E-state index contributed by atoms with van der Waals surface area (Å²) >= 11 is 0. The predicted molar refractivity (Wildman–Crippen MR) is 135 cm³/mol. The average Bonchev–Trinajstić information content (AvgIpc) is 2.80. The predicted octanol–water partition coefficient (Wildman–Crippen LogP) is 6.54. The first-order valence-electron chi connectivity index (χ1n) is 12.5. The molecule has 0 amide bonds. The second-order valence-electron chi connectivity index (χ2n) is 9.28. The summed E-state index contributed by atoms with van der Waals surface area (Å²) in [7, 11) is -3.65. The molecular formula is C24H46N2O3Si2. The van der Waals surface area contributed by atoms with E-state index in [1.807, 2.05) is 6.07 Å². The molecule has 1 aliphatic heterocycles. The van der Waals surface area contributed by atoms with E-state index in [0.717, 1.165) is 41.8 Å². The Morgan fingerprint density at radius 1 is 0.871 bits per heavy atom. The molecule has 5 unspecified atom stereocenters. The van der Waals surface area contributed by atoms with Crippen LogP contribution in [0.5, 0.6) is 0 Å². The van der Waals surface area contributed by atoms with E-state index in [2.05, 4.69) is 60.4 Å². The standard InChI is InChI=1S/C24H46N2O3Si2/c1-9-30(10-2,11-3)28-23-18(7)22(20-15-16-26-17-21(20)25)27-19(8)24(23)29-31(12-4,13-5)14-6/h15-19,22-24H,9-14,25H2,1-8H3. The molecule has 1 fully saturated rings. The van der Waals surface area contributed by atoms with Crippen LogP contribution in [0.3, 0.4) is 0 Å². The summed E-state index contributed by atoms with van der Waals surface area (Å²) < 4.78 is 20.9. The van der Waals surface area contributed by atoms with Crippen molar-refractivity contribution in [3.8, 4) is 0 Å². The van der Waals surface area contributed by atoms with E-state index in [1.54, 1.807) is 12.4 Å². The van der Waals surface area contributed by atoms with Crippen molar-refractivity contribution in [3.05, 3.63) is 24.0 Å². The molecule has 1 aromatic heterocycles. The van der Waals surface area contributed by atoms with Gasteiger partial charge in [-0.1, -0.05) is 48.5 Å². The molecule has 0 aromatic carbocycles. The molecule has 1 aromatic rings. The topological polar surface area (TPSA) is 66.6 Å². The fourth-order valence-electron chi connectivity index (χ4n) is 5.12. The lowest BCUT2D eigenvalue weighted by Gasteiger charge is -2.50. The van der Waals surface area contributed by atoms with Crippen LogP contribution < -0.4 is 5.73 Å². The van der Waals surface area contributed by atoms with Gasteiger partial charge >= 0.3 is 0 Å². The van der Waals surface area contributed by atoms with Crippen molar-refractivity contribution < 1.29 is 13.6 Å². The first-order chi connectivity index (χ1) is 14.8. The smallest absolute Gasteiger partial charge is 0.192 e. The van der Waals surface area contributed by atoms with Crippen molar-refractivity contribution in [2.24, 2.45) is 5.92 Å². The summed E-state index contributed by atoms with van der Waals surface area (Å²) in [4.78, 5) is 4.17. The Hall–Kier alpha value is -0.736. The van der Waals surface area contributed by atoms with Gasteiger partial charge in [0.2, 0.25) is 0 Å². The molecule has 2 N–H and O–H groups in total. The maximum Gasteiger partial charge on any atom is 0.192 e. The fourth-order valence-corrected chi connectivity index (χ4v) is 10.9. The number of nitrogen functional groups attached to an aromatic ring is 1. The van der Waals surface area contributed by atoms with Crippen LogP contribution in [0.25, 0.3) is 0 Å². The molecule has 0 spiro atoms. The number of pyridine rings is 1. The van der Waals surface area contributed by atoms with Gasteiger partial charge in [0.1, 0.15) is 0 Å². The zero-order chi connectivity index (χ0) is 23.2. The van der Waals surface area contributed by atoms with E-state index in [0.29, 0.717) is 5.69 Å². The van der Waals surface area contributed by atoms with E-state index in [-0.39, 0.29) is 30.3 Å². The minimum absolute atomic E-state index is 0.0179. The quantitative estimate of drug-likeness (QED) is 0.375. The van der Waals surface area contributed by atoms with Gasteiger partial charge in [-0.15, -0.1) is 0 Å². The Bertz CT molecular complexity index is 666. The van der Waals surface area contributed by atoms with Gasteiger partial charge in [-0.25, -0.2) is 0 Å². The zero-order valence-corrected chi connectivity index (χ0v) is 23.1. The Balaban J connectivity index is 2.48. The lowest BCUT2D eigenvalue weighted by Crippen LogP contribution is -2.59. The van der Waals surface area contributed by atoms with Gasteiger partial charge in [0.15, 0.2) is 16.6 Å². The van der Waals surface area contributed by atoms with Crippen LogP contribution in [-0.2, 0) is 13.6 Å². The zero-order valence-electron chi connectivity index (χ0n) is 21.1. The van der Waals surface area contributed by atoms with Gasteiger partial charge in [-0.2, -0.15) is 0 Å². The third-order valence-corrected chi connectivity index (χ3v) is 17.3. The van der Waals surface area contributed by atoms with Crippen LogP contribution in [0.2, 0.25) is 36.3 Å². The largest absolute Gasteiger partial charge is 0.411 e. The number of nitrogens with two attached hydrogens (primary N) is 1. The molecule has 2 rings (SSSR count). The van der Waals surface area contributed by atoms with Crippen LogP contribution in [0, 0.1) is 5.92 Å². The molecule has 31 heavy (non-hydrogen) atoms. The highest BCUT2D eigenvalue weighted by molar-refractivity contribution is 6.74. The van der Waals surface area contributed by atoms with Gasteiger partial charge < -0.3 is 19.3 Å². The van der Waals surface area contributed by atoms with E-state index in [1.165, 1.54) is 0 Å². The Morgan fingerprint density at radius 3 is 1.81 bits per heavy atom. The van der Waals surface area contributed by atoms with Crippen molar-refractivity contribution in [1.82, 2.24) is 4.98 Å². The first kappa shape index (κ1) is 26.5. The summed E-state index contributed by atoms with van der Waals surface area (Å²) in [5.41, 5.74) is 8.02. The number of nitrogens with zero attached hydrogens (tertiary/aromatic N) is 1. The van der Waals surface area contributed by atoms with Crippen LogP contribution in [0.15, 0.2) is 18.5 Å². The number of hydrogen-bond donors (Lipinski definition) is 1. The summed E-state index contributed by atoms with van der Waals surface area (Å²) in [6.45, 7) is 18.2. The highest BCUT2D eigenvalue weighted by Crippen LogP contribution is 2.44. The minimum Gasteiger partial charge on any atom is -0.411 e. The van der Waals surface area contributed by atoms with Crippen molar-refractivity contribution in [3.63, 3.8) is 0 Å². The summed E-state index contributed by atoms with van der Waals surface area (Å²) in [6.07, 6.45) is 3.35. The maximum absolute atomic E-state index is 7.19. The van der Waals surface area contributed by atoms with Crippen LogP contribution in [-0.4, -0.2) is 39.9 Å². The van der Waals surface area contributed by atoms with Gasteiger partial charge in [0, 0.05) is 17.7 Å². The SMILES string of the molecule is CC[Si](CC)(CC)OC1C(C)OC(c2ccncc2N)C(C)C1O[Si](CC)(CC)CC. The van der Waals surface area contributed by atoms with Crippen molar-refractivity contribution in [1.29, 1.82) is 0 Å². The van der Waals surface area contributed by atoms with Crippen molar-refractivity contribution in [2.45, 2.75) is 116 Å². The Labute approximate surface area is 192 Å². The molecule has 7 heteroatoms. The third-order valence-electron chi connectivity index (χ3n) is 7.98. The molecule has 178 valence electrons. The van der Waals surface area contributed by atoms with Gasteiger partial charge in [-0.05, 0) is 49.3 Å². The lowest BCUT2D eigenvalue weighted by atomic mass is 9.85. The third kappa shape index (κ3) is 5.61. The number of rotatable bonds is 11. The Morgan fingerprint density at radius 2 is 1.35 bits per heavy atom. The molecule has 5 nitrogen and oxygen atoms in total. The van der Waals surface area contributed by atoms with Crippen LogP contribution >= 0.6 is 0 Å². The summed E-state index contributed by atoms with van der Waals surface area (Å²) in [5.74, 6) is 0.152. The van der Waals surface area contributed by atoms with E-state index in [4.69, 9.17) is 19.3 Å². The van der Waals surface area contributed by atoms with Gasteiger partial charge in [-0.3, -0.25) is 4.98 Å². The number of aromatic nitrogens is 1. The minimum atomic E-state index is -1.83. The Kier molecular flexibility index (Phi) is 9.76. The molecule has 5 atom stereocenters. The van der Waals surface area contributed by atoms with E-state index >= 15 is 0 Å². The molecule has 0 saturated carbocycles. The molecule has 0 aliphatic carbocycles. The van der Waals surface area contributed by atoms with Crippen LogP contribution in [0.1, 0.15) is 67.1 Å². The number of ether oxygens (including phenoxy) is 1. The molecule has 1 aliphatic rings. The van der Waals surface area contributed by atoms with Gasteiger partial charge in [0.05, 0.1) is 36.3 Å². The summed E-state index contributed by atoms with van der Waals surface area (Å²) in [6, 6.07) is 8.77. The highest BCUT2D eigenvalue weighted by Gasteiger charge is 2.49. The average molecular weight is 467 g/mol. The number of anilines is 1. The molecule has 1 saturated heterocycles. The van der Waals surface area contributed by atoms with Crippen LogP contribution in [0.4, 0.5) is 5.69 Å². The lowest BCUT2D eigenvalue weighted by molar-refractivity contribution is -0.182. The molecule has 0 bridgehead atoms. The molecule has 2 heterocycles. The van der Waals surface area contributed by atoms with E-state index < -0.39 is 16.6 Å². The molecule has 0 radical (unpaired) electrons. The van der Waals surface area contributed by atoms with E-state index in [9.17, 15) is 0 Å². The van der Waals surface area contributed by atoms with Gasteiger partial charge in [0.25, 0.3) is 0 Å². The fraction of sp³-hybridized carbons (Fsp3) is 0.792. The van der Waals surface area contributed by atoms with Crippen molar-refractivity contribution in [2.75, 3.05) is 5.73 Å². The number of hydrogen-bond acceptors (Lipinski definition) is 5. The first-order valence-corrected chi connectivity index (χ1v) is 17.5. The monoisotopic (exact) mass is 466 g/mol. The second-order valence-corrected chi connectivity index (χ2v) is 18.7. The summed E-state index contributed by atoms with van der Waals surface area (Å²) in [5, 5.41) is 0. The maximum atomic E-state index is 7.19.